The van der Waals surface area contributed by atoms with Gasteiger partial charge in [-0.15, -0.1) is 0 Å². The minimum Gasteiger partial charge on any atom is -0.296 e. The van der Waals surface area contributed by atoms with Gasteiger partial charge in [0, 0.05) is 16.7 Å². The standard InChI is InChI=1S/C17H13N5OS/c1-11-8-12(5-6-14(11)24-15-4-2-3-7-18-15)13-9-21-22-16(13)19-10-20-17(22)23/h2-10H,1H3,(H,19,20,23). The Bertz CT molecular complexity index is 1070. The lowest BCUT2D eigenvalue weighted by atomic mass is 10.1. The highest BCUT2D eigenvalue weighted by molar-refractivity contribution is 7.99. The van der Waals surface area contributed by atoms with Gasteiger partial charge < -0.3 is 0 Å². The summed E-state index contributed by atoms with van der Waals surface area (Å²) in [6.07, 6.45) is 4.84. The number of nitrogens with one attached hydrogen (secondary N) is 1. The number of H-pyrrole nitrogens is 1. The van der Waals surface area contributed by atoms with Crippen LogP contribution < -0.4 is 5.69 Å². The molecular weight excluding hydrogens is 322 g/mol. The van der Waals surface area contributed by atoms with Crippen molar-refractivity contribution >= 4 is 17.4 Å². The molecule has 1 aromatic carbocycles. The van der Waals surface area contributed by atoms with E-state index in [1.165, 1.54) is 10.8 Å². The molecule has 7 heteroatoms. The molecule has 0 spiro atoms. The van der Waals surface area contributed by atoms with Crippen molar-refractivity contribution in [1.82, 2.24) is 24.6 Å². The Morgan fingerprint density at radius 3 is 2.88 bits per heavy atom. The molecule has 0 unspecified atom stereocenters. The maximum atomic E-state index is 11.7. The molecule has 0 atom stereocenters. The van der Waals surface area contributed by atoms with Crippen LogP contribution in [0.25, 0.3) is 16.8 Å². The predicted molar refractivity (Wildman–Crippen MR) is 92.1 cm³/mol. The Labute approximate surface area is 141 Å². The smallest absolute Gasteiger partial charge is 0.296 e. The molecule has 24 heavy (non-hydrogen) atoms. The molecule has 0 fully saturated rings. The Balaban J connectivity index is 1.73. The van der Waals surface area contributed by atoms with Gasteiger partial charge in [0.1, 0.15) is 5.03 Å². The molecule has 3 aromatic heterocycles. The van der Waals surface area contributed by atoms with Crippen LogP contribution in [0.15, 0.2) is 69.8 Å². The molecule has 0 radical (unpaired) electrons. The zero-order valence-corrected chi connectivity index (χ0v) is 13.6. The van der Waals surface area contributed by atoms with E-state index in [-0.39, 0.29) is 5.69 Å². The van der Waals surface area contributed by atoms with Gasteiger partial charge in [-0.2, -0.15) is 9.61 Å². The minimum atomic E-state index is -0.301. The third-order valence-corrected chi connectivity index (χ3v) is 4.78. The third-order valence-electron chi connectivity index (χ3n) is 3.65. The Morgan fingerprint density at radius 1 is 1.17 bits per heavy atom. The highest BCUT2D eigenvalue weighted by atomic mass is 32.2. The Kier molecular flexibility index (Phi) is 3.62. The van der Waals surface area contributed by atoms with E-state index in [0.717, 1.165) is 26.6 Å². The minimum absolute atomic E-state index is 0.301. The summed E-state index contributed by atoms with van der Waals surface area (Å²) in [4.78, 5) is 24.0. The van der Waals surface area contributed by atoms with E-state index in [0.29, 0.717) is 5.65 Å². The third kappa shape index (κ3) is 2.59. The van der Waals surface area contributed by atoms with Crippen molar-refractivity contribution in [3.8, 4) is 11.1 Å². The maximum absolute atomic E-state index is 11.7. The number of benzene rings is 1. The van der Waals surface area contributed by atoms with Gasteiger partial charge in [-0.05, 0) is 36.2 Å². The van der Waals surface area contributed by atoms with E-state index in [4.69, 9.17) is 0 Å². The summed E-state index contributed by atoms with van der Waals surface area (Å²) in [6, 6.07) is 12.0. The van der Waals surface area contributed by atoms with Crippen LogP contribution in [0, 0.1) is 6.92 Å². The Hall–Kier alpha value is -2.93. The summed E-state index contributed by atoms with van der Waals surface area (Å²) in [6.45, 7) is 2.06. The second-order valence-corrected chi connectivity index (χ2v) is 6.31. The molecule has 0 aliphatic rings. The van der Waals surface area contributed by atoms with Gasteiger partial charge in [-0.3, -0.25) is 4.98 Å². The van der Waals surface area contributed by atoms with Crippen molar-refractivity contribution in [3.63, 3.8) is 0 Å². The van der Waals surface area contributed by atoms with Crippen molar-refractivity contribution in [2.24, 2.45) is 0 Å². The summed E-state index contributed by atoms with van der Waals surface area (Å²) < 4.78 is 1.27. The van der Waals surface area contributed by atoms with Crippen LogP contribution in [0.4, 0.5) is 0 Å². The fourth-order valence-corrected chi connectivity index (χ4v) is 3.32. The molecule has 118 valence electrons. The molecule has 4 aromatic rings. The summed E-state index contributed by atoms with van der Waals surface area (Å²) in [5.74, 6) is 0. The first kappa shape index (κ1) is 14.6. The molecule has 0 bridgehead atoms. The second-order valence-electron chi connectivity index (χ2n) is 5.25. The van der Waals surface area contributed by atoms with Crippen LogP contribution in [-0.2, 0) is 0 Å². The van der Waals surface area contributed by atoms with Crippen LogP contribution >= 0.6 is 11.8 Å². The molecule has 0 saturated carbocycles. The zero-order valence-electron chi connectivity index (χ0n) is 12.8. The van der Waals surface area contributed by atoms with Crippen LogP contribution in [0.1, 0.15) is 5.56 Å². The van der Waals surface area contributed by atoms with E-state index in [2.05, 4.69) is 39.1 Å². The van der Waals surface area contributed by atoms with Crippen molar-refractivity contribution in [2.45, 2.75) is 16.8 Å². The molecule has 1 N–H and O–H groups in total. The average molecular weight is 335 g/mol. The van der Waals surface area contributed by atoms with Gasteiger partial charge in [-0.1, -0.05) is 30.0 Å². The number of pyridine rings is 1. The van der Waals surface area contributed by atoms with Crippen molar-refractivity contribution < 1.29 is 0 Å². The highest BCUT2D eigenvalue weighted by Crippen LogP contribution is 2.32. The number of aromatic nitrogens is 5. The monoisotopic (exact) mass is 335 g/mol. The van der Waals surface area contributed by atoms with E-state index in [9.17, 15) is 4.79 Å². The normalized spacial score (nSPS) is 11.0. The summed E-state index contributed by atoms with van der Waals surface area (Å²) in [5, 5.41) is 5.07. The number of aryl methyl sites for hydroxylation is 1. The number of aromatic amines is 1. The summed E-state index contributed by atoms with van der Waals surface area (Å²) >= 11 is 1.62. The number of hydrogen-bond donors (Lipinski definition) is 1. The largest absolute Gasteiger partial charge is 0.349 e. The summed E-state index contributed by atoms with van der Waals surface area (Å²) in [7, 11) is 0. The lowest BCUT2D eigenvalue weighted by molar-refractivity contribution is 0.840. The van der Waals surface area contributed by atoms with Gasteiger partial charge in [0.15, 0.2) is 5.65 Å². The Morgan fingerprint density at radius 2 is 2.08 bits per heavy atom. The topological polar surface area (TPSA) is 75.9 Å². The quantitative estimate of drug-likeness (QED) is 0.623. The van der Waals surface area contributed by atoms with Crippen molar-refractivity contribution in [3.05, 3.63) is 71.2 Å². The van der Waals surface area contributed by atoms with E-state index in [1.54, 1.807) is 24.2 Å². The lowest BCUT2D eigenvalue weighted by Crippen LogP contribution is -2.17. The molecule has 0 saturated heterocycles. The summed E-state index contributed by atoms with van der Waals surface area (Å²) in [5.41, 5.74) is 3.19. The molecule has 4 rings (SSSR count). The molecule has 0 aliphatic carbocycles. The molecule has 0 amide bonds. The van der Waals surface area contributed by atoms with Crippen molar-refractivity contribution in [2.75, 3.05) is 0 Å². The first-order chi connectivity index (χ1) is 11.7. The first-order valence-electron chi connectivity index (χ1n) is 7.34. The van der Waals surface area contributed by atoms with E-state index >= 15 is 0 Å². The molecule has 0 aliphatic heterocycles. The van der Waals surface area contributed by atoms with Crippen LogP contribution in [-0.4, -0.2) is 24.6 Å². The van der Waals surface area contributed by atoms with Gasteiger partial charge in [0.05, 0.1) is 12.5 Å². The van der Waals surface area contributed by atoms with Gasteiger partial charge in [0.25, 0.3) is 0 Å². The van der Waals surface area contributed by atoms with Crippen molar-refractivity contribution in [1.29, 1.82) is 0 Å². The second kappa shape index (κ2) is 5.93. The maximum Gasteiger partial charge on any atom is 0.349 e. The van der Waals surface area contributed by atoms with Gasteiger partial charge in [0.2, 0.25) is 0 Å². The van der Waals surface area contributed by atoms with Crippen LogP contribution in [0.2, 0.25) is 0 Å². The van der Waals surface area contributed by atoms with Gasteiger partial charge >= 0.3 is 5.69 Å². The molecule has 3 heterocycles. The predicted octanol–water partition coefficient (Wildman–Crippen LogP) is 2.94. The number of hydrogen-bond acceptors (Lipinski definition) is 5. The molecular formula is C17H13N5OS. The van der Waals surface area contributed by atoms with Crippen LogP contribution in [0.3, 0.4) is 0 Å². The lowest BCUT2D eigenvalue weighted by Gasteiger charge is -2.07. The number of fused-ring (bicyclic) bond motifs is 1. The molecule has 6 nitrogen and oxygen atoms in total. The number of nitrogens with zero attached hydrogens (tertiary/aromatic N) is 4. The van der Waals surface area contributed by atoms with Gasteiger partial charge in [-0.25, -0.2) is 14.8 Å². The van der Waals surface area contributed by atoms with E-state index in [1.807, 2.05) is 24.3 Å². The number of rotatable bonds is 3. The zero-order chi connectivity index (χ0) is 16.5. The highest BCUT2D eigenvalue weighted by Gasteiger charge is 2.11. The average Bonchev–Trinajstić information content (AvgIpc) is 3.03. The van der Waals surface area contributed by atoms with E-state index < -0.39 is 0 Å². The SMILES string of the molecule is Cc1cc(-c2cnn3c(=O)[nH]cnc23)ccc1Sc1ccccn1. The fraction of sp³-hybridized carbons (Fsp3) is 0.0588. The fourth-order valence-electron chi connectivity index (χ4n) is 2.48. The first-order valence-corrected chi connectivity index (χ1v) is 8.15. The van der Waals surface area contributed by atoms with Crippen LogP contribution in [0.5, 0.6) is 0 Å².